The lowest BCUT2D eigenvalue weighted by Crippen LogP contribution is -2.37. The lowest BCUT2D eigenvalue weighted by molar-refractivity contribution is -0.137. The van der Waals surface area contributed by atoms with E-state index in [1.54, 1.807) is 6.92 Å². The number of esters is 1. The maximum Gasteiger partial charge on any atom is 0.330 e. The van der Waals surface area contributed by atoms with Crippen LogP contribution in [0.15, 0.2) is 30.3 Å². The summed E-state index contributed by atoms with van der Waals surface area (Å²) in [5.41, 5.74) is 1.05. The largest absolute Gasteiger partial charge is 0.463 e. The minimum atomic E-state index is -1.29. The molecule has 0 aliphatic rings. The number of carbonyl (C=O) groups is 1. The van der Waals surface area contributed by atoms with E-state index < -0.39 is 8.07 Å². The van der Waals surface area contributed by atoms with Gasteiger partial charge < -0.3 is 4.74 Å². The van der Waals surface area contributed by atoms with Crippen molar-refractivity contribution in [1.82, 2.24) is 0 Å². The van der Waals surface area contributed by atoms with Gasteiger partial charge in [-0.2, -0.15) is 0 Å². The second-order valence-corrected chi connectivity index (χ2v) is 10.0. The Bertz CT molecular complexity index is 416. The van der Waals surface area contributed by atoms with Crippen molar-refractivity contribution in [2.45, 2.75) is 26.6 Å². The van der Waals surface area contributed by atoms with Crippen molar-refractivity contribution in [3.05, 3.63) is 35.9 Å². The molecule has 1 aromatic rings. The van der Waals surface area contributed by atoms with Crippen molar-refractivity contribution in [3.8, 4) is 0 Å². The lowest BCUT2D eigenvalue weighted by atomic mass is 10.2. The molecule has 0 N–H and O–H groups in total. The van der Waals surface area contributed by atoms with Gasteiger partial charge in [0.2, 0.25) is 0 Å². The van der Waals surface area contributed by atoms with Gasteiger partial charge in [0.1, 0.15) is 0 Å². The van der Waals surface area contributed by atoms with Crippen molar-refractivity contribution < 1.29 is 9.53 Å². The first kappa shape index (κ1) is 13.7. The highest BCUT2D eigenvalue weighted by Gasteiger charge is 2.15. The smallest absolute Gasteiger partial charge is 0.330 e. The van der Waals surface area contributed by atoms with Crippen molar-refractivity contribution in [2.75, 3.05) is 6.61 Å². The minimum Gasteiger partial charge on any atom is -0.463 e. The van der Waals surface area contributed by atoms with Gasteiger partial charge >= 0.3 is 5.97 Å². The van der Waals surface area contributed by atoms with Gasteiger partial charge in [0.25, 0.3) is 0 Å². The van der Waals surface area contributed by atoms with E-state index >= 15 is 0 Å². The van der Waals surface area contributed by atoms with Crippen LogP contribution in [0.25, 0.3) is 6.08 Å². The van der Waals surface area contributed by atoms with E-state index in [0.29, 0.717) is 6.61 Å². The van der Waals surface area contributed by atoms with Crippen LogP contribution in [0.2, 0.25) is 19.6 Å². The van der Waals surface area contributed by atoms with Crippen molar-refractivity contribution in [1.29, 1.82) is 0 Å². The summed E-state index contributed by atoms with van der Waals surface area (Å²) in [5, 5.41) is 1.39. The van der Waals surface area contributed by atoms with E-state index in [1.807, 2.05) is 18.2 Å². The molecule has 0 aliphatic carbocycles. The third-order valence-corrected chi connectivity index (χ3v) is 4.49. The predicted octanol–water partition coefficient (Wildman–Crippen LogP) is 2.81. The van der Waals surface area contributed by atoms with Crippen LogP contribution in [-0.4, -0.2) is 20.7 Å². The SMILES string of the molecule is CCOC(=O)C=Cc1cccc([Si](C)(C)C)c1. The maximum absolute atomic E-state index is 11.2. The third kappa shape index (κ3) is 4.57. The molecule has 0 aliphatic heterocycles. The molecule has 3 heteroatoms. The zero-order valence-corrected chi connectivity index (χ0v) is 12.0. The molecule has 1 aromatic carbocycles. The zero-order chi connectivity index (χ0) is 12.9. The molecule has 0 spiro atoms. The van der Waals surface area contributed by atoms with Crippen LogP contribution < -0.4 is 5.19 Å². The summed E-state index contributed by atoms with van der Waals surface area (Å²) in [6, 6.07) is 8.35. The van der Waals surface area contributed by atoms with Gasteiger partial charge in [0.15, 0.2) is 0 Å². The fourth-order valence-corrected chi connectivity index (χ4v) is 2.66. The highest BCUT2D eigenvalue weighted by atomic mass is 28.3. The number of hydrogen-bond donors (Lipinski definition) is 0. The van der Waals surface area contributed by atoms with Crippen LogP contribution in [0.3, 0.4) is 0 Å². The Balaban J connectivity index is 2.83. The Labute approximate surface area is 104 Å². The predicted molar refractivity (Wildman–Crippen MR) is 75.1 cm³/mol. The molecule has 0 saturated carbocycles. The first-order valence-corrected chi connectivity index (χ1v) is 9.39. The molecule has 0 fully saturated rings. The molecule has 0 aromatic heterocycles. The molecule has 0 atom stereocenters. The van der Waals surface area contributed by atoms with Crippen LogP contribution in [0, 0.1) is 0 Å². The number of rotatable bonds is 4. The highest BCUT2D eigenvalue weighted by molar-refractivity contribution is 6.88. The van der Waals surface area contributed by atoms with E-state index in [-0.39, 0.29) is 5.97 Å². The summed E-state index contributed by atoms with van der Waals surface area (Å²) in [4.78, 5) is 11.2. The highest BCUT2D eigenvalue weighted by Crippen LogP contribution is 2.06. The molecule has 0 unspecified atom stereocenters. The van der Waals surface area contributed by atoms with Gasteiger partial charge in [-0.1, -0.05) is 49.1 Å². The molecule has 1 rings (SSSR count). The number of carbonyl (C=O) groups excluding carboxylic acids is 1. The van der Waals surface area contributed by atoms with Crippen LogP contribution in [0.1, 0.15) is 12.5 Å². The molecule has 0 heterocycles. The van der Waals surface area contributed by atoms with E-state index in [9.17, 15) is 4.79 Å². The Hall–Kier alpha value is -1.35. The molecule has 17 heavy (non-hydrogen) atoms. The fraction of sp³-hybridized carbons (Fsp3) is 0.357. The summed E-state index contributed by atoms with van der Waals surface area (Å²) < 4.78 is 4.84. The zero-order valence-electron chi connectivity index (χ0n) is 11.0. The molecule has 0 bridgehead atoms. The molecule has 2 nitrogen and oxygen atoms in total. The van der Waals surface area contributed by atoms with Crippen molar-refractivity contribution in [2.24, 2.45) is 0 Å². The Morgan fingerprint density at radius 1 is 1.35 bits per heavy atom. The molecule has 0 amide bonds. The van der Waals surface area contributed by atoms with Gasteiger partial charge in [-0.05, 0) is 18.6 Å². The molecular weight excluding hydrogens is 228 g/mol. The van der Waals surface area contributed by atoms with Crippen LogP contribution >= 0.6 is 0 Å². The average molecular weight is 248 g/mol. The molecule has 92 valence electrons. The number of ether oxygens (including phenoxy) is 1. The average Bonchev–Trinajstić information content (AvgIpc) is 2.26. The van der Waals surface area contributed by atoms with Crippen LogP contribution in [-0.2, 0) is 9.53 Å². The quantitative estimate of drug-likeness (QED) is 0.465. The second-order valence-electron chi connectivity index (χ2n) is 4.96. The first-order valence-electron chi connectivity index (χ1n) is 5.89. The Kier molecular flexibility index (Phi) is 4.69. The van der Waals surface area contributed by atoms with Crippen molar-refractivity contribution >= 4 is 25.3 Å². The van der Waals surface area contributed by atoms with E-state index in [2.05, 4.69) is 31.8 Å². The summed E-state index contributed by atoms with van der Waals surface area (Å²) in [6.07, 6.45) is 3.29. The Morgan fingerprint density at radius 2 is 2.06 bits per heavy atom. The number of benzene rings is 1. The second kappa shape index (κ2) is 5.82. The van der Waals surface area contributed by atoms with Crippen LogP contribution in [0.4, 0.5) is 0 Å². The maximum atomic E-state index is 11.2. The lowest BCUT2D eigenvalue weighted by Gasteiger charge is -2.16. The van der Waals surface area contributed by atoms with E-state index in [0.717, 1.165) is 5.56 Å². The van der Waals surface area contributed by atoms with Crippen LogP contribution in [0.5, 0.6) is 0 Å². The summed E-state index contributed by atoms with van der Waals surface area (Å²) >= 11 is 0. The third-order valence-electron chi connectivity index (χ3n) is 2.45. The van der Waals surface area contributed by atoms with Gasteiger partial charge in [-0.3, -0.25) is 0 Å². The van der Waals surface area contributed by atoms with Gasteiger partial charge in [0, 0.05) is 6.08 Å². The first-order chi connectivity index (χ1) is 7.93. The summed E-state index contributed by atoms with van der Waals surface area (Å²) in [7, 11) is -1.29. The minimum absolute atomic E-state index is 0.286. The molecular formula is C14H20O2Si. The van der Waals surface area contributed by atoms with E-state index in [4.69, 9.17) is 4.74 Å². The summed E-state index contributed by atoms with van der Waals surface area (Å²) in [5.74, 6) is -0.286. The fourth-order valence-electron chi connectivity index (χ4n) is 1.46. The van der Waals surface area contributed by atoms with Crippen molar-refractivity contribution in [3.63, 3.8) is 0 Å². The number of hydrogen-bond acceptors (Lipinski definition) is 2. The Morgan fingerprint density at radius 3 is 2.65 bits per heavy atom. The summed E-state index contributed by atoms with van der Waals surface area (Å²) in [6.45, 7) is 9.14. The molecule has 0 radical (unpaired) electrons. The molecule has 0 saturated heterocycles. The monoisotopic (exact) mass is 248 g/mol. The van der Waals surface area contributed by atoms with Gasteiger partial charge in [-0.15, -0.1) is 0 Å². The topological polar surface area (TPSA) is 26.3 Å². The van der Waals surface area contributed by atoms with E-state index in [1.165, 1.54) is 11.3 Å². The normalized spacial score (nSPS) is 11.8. The van der Waals surface area contributed by atoms with Gasteiger partial charge in [0.05, 0.1) is 14.7 Å². The standard InChI is InChI=1S/C14H20O2Si/c1-5-16-14(15)10-9-12-7-6-8-13(11-12)17(2,3)4/h6-11H,5H2,1-4H3. The van der Waals surface area contributed by atoms with Gasteiger partial charge in [-0.25, -0.2) is 4.79 Å².